The molecule has 0 atom stereocenters. The topological polar surface area (TPSA) is 81.3 Å². The number of aromatic nitrogens is 4. The van der Waals surface area contributed by atoms with Crippen molar-refractivity contribution in [1.29, 1.82) is 0 Å². The minimum atomic E-state index is -3.66. The molecule has 3 aromatic rings. The van der Waals surface area contributed by atoms with Crippen molar-refractivity contribution in [1.82, 2.24) is 19.2 Å². The Labute approximate surface area is 109 Å². The fourth-order valence-electron chi connectivity index (χ4n) is 1.72. The third-order valence-electron chi connectivity index (χ3n) is 2.61. The number of aryl methyl sites for hydroxylation is 1. The normalized spacial score (nSPS) is 11.8. The summed E-state index contributed by atoms with van der Waals surface area (Å²) >= 11 is 0. The molecule has 0 spiro atoms. The SMILES string of the molecule is Cn1cnc(S(=O)(=O)Nc2ccn3nccc3c2)c1. The zero-order valence-corrected chi connectivity index (χ0v) is 10.9. The number of nitrogens with one attached hydrogen (secondary N) is 1. The lowest BCUT2D eigenvalue weighted by molar-refractivity contribution is 0.598. The van der Waals surface area contributed by atoms with E-state index < -0.39 is 10.0 Å². The average molecular weight is 277 g/mol. The summed E-state index contributed by atoms with van der Waals surface area (Å²) in [6, 6.07) is 5.13. The van der Waals surface area contributed by atoms with Crippen LogP contribution in [0.15, 0.2) is 48.1 Å². The lowest BCUT2D eigenvalue weighted by atomic mass is 10.4. The van der Waals surface area contributed by atoms with Crippen LogP contribution < -0.4 is 4.72 Å². The predicted molar refractivity (Wildman–Crippen MR) is 69.2 cm³/mol. The summed E-state index contributed by atoms with van der Waals surface area (Å²) in [6.45, 7) is 0. The van der Waals surface area contributed by atoms with Gasteiger partial charge in [-0.25, -0.2) is 9.50 Å². The van der Waals surface area contributed by atoms with Gasteiger partial charge in [-0.05, 0) is 18.2 Å². The van der Waals surface area contributed by atoms with Crippen LogP contribution in [0, 0.1) is 0 Å². The fraction of sp³-hybridized carbons (Fsp3) is 0.0909. The van der Waals surface area contributed by atoms with Crippen LogP contribution in [-0.4, -0.2) is 27.6 Å². The monoisotopic (exact) mass is 277 g/mol. The van der Waals surface area contributed by atoms with Crippen LogP contribution in [0.2, 0.25) is 0 Å². The Morgan fingerprint density at radius 2 is 2.16 bits per heavy atom. The molecule has 98 valence electrons. The minimum absolute atomic E-state index is 0.0108. The largest absolute Gasteiger partial charge is 0.339 e. The van der Waals surface area contributed by atoms with Crippen molar-refractivity contribution in [3.63, 3.8) is 0 Å². The van der Waals surface area contributed by atoms with E-state index in [1.165, 1.54) is 12.5 Å². The molecular weight excluding hydrogens is 266 g/mol. The highest BCUT2D eigenvalue weighted by molar-refractivity contribution is 7.92. The second kappa shape index (κ2) is 4.09. The molecule has 0 amide bonds. The highest BCUT2D eigenvalue weighted by atomic mass is 32.2. The van der Waals surface area contributed by atoms with E-state index in [-0.39, 0.29) is 5.03 Å². The molecule has 7 nitrogen and oxygen atoms in total. The number of hydrogen-bond donors (Lipinski definition) is 1. The van der Waals surface area contributed by atoms with Crippen LogP contribution >= 0.6 is 0 Å². The molecule has 0 saturated carbocycles. The highest BCUT2D eigenvalue weighted by Crippen LogP contribution is 2.16. The summed E-state index contributed by atoms with van der Waals surface area (Å²) in [5, 5.41) is 4.03. The first kappa shape index (κ1) is 11.7. The van der Waals surface area contributed by atoms with Crippen molar-refractivity contribution in [3.05, 3.63) is 43.1 Å². The third-order valence-corrected chi connectivity index (χ3v) is 3.87. The zero-order valence-electron chi connectivity index (χ0n) is 10.1. The van der Waals surface area contributed by atoms with Gasteiger partial charge in [0.05, 0.1) is 17.5 Å². The van der Waals surface area contributed by atoms with Gasteiger partial charge in [0, 0.05) is 25.6 Å². The quantitative estimate of drug-likeness (QED) is 0.770. The fourth-order valence-corrected chi connectivity index (χ4v) is 2.75. The zero-order chi connectivity index (χ0) is 13.5. The molecule has 0 unspecified atom stereocenters. The maximum absolute atomic E-state index is 12.1. The Balaban J connectivity index is 1.95. The Morgan fingerprint density at radius 1 is 1.32 bits per heavy atom. The molecule has 3 rings (SSSR count). The molecule has 3 heterocycles. The molecule has 0 aliphatic heterocycles. The van der Waals surface area contributed by atoms with Gasteiger partial charge in [-0.15, -0.1) is 0 Å². The van der Waals surface area contributed by atoms with Crippen LogP contribution in [0.5, 0.6) is 0 Å². The number of fused-ring (bicyclic) bond motifs is 1. The third kappa shape index (κ3) is 2.17. The Hall–Kier alpha value is -2.35. The van der Waals surface area contributed by atoms with Crippen molar-refractivity contribution in [2.45, 2.75) is 5.03 Å². The standard InChI is InChI=1S/C11H11N5O2S/c1-15-7-11(12-8-15)19(17,18)14-9-3-5-16-10(6-9)2-4-13-16/h2-8,14H,1H3. The van der Waals surface area contributed by atoms with Crippen LogP contribution in [-0.2, 0) is 17.1 Å². The van der Waals surface area contributed by atoms with Crippen LogP contribution in [0.25, 0.3) is 5.52 Å². The van der Waals surface area contributed by atoms with E-state index in [1.807, 2.05) is 0 Å². The first-order chi connectivity index (χ1) is 9.04. The minimum Gasteiger partial charge on any atom is -0.339 e. The van der Waals surface area contributed by atoms with Gasteiger partial charge in [0.15, 0.2) is 5.03 Å². The van der Waals surface area contributed by atoms with E-state index in [0.717, 1.165) is 5.52 Å². The molecule has 0 fully saturated rings. The lowest BCUT2D eigenvalue weighted by Crippen LogP contribution is -2.13. The van der Waals surface area contributed by atoms with Crippen LogP contribution in [0.4, 0.5) is 5.69 Å². The van der Waals surface area contributed by atoms with Gasteiger partial charge in [-0.2, -0.15) is 13.5 Å². The first-order valence-corrected chi connectivity index (χ1v) is 6.97. The second-order valence-corrected chi connectivity index (χ2v) is 5.73. The maximum Gasteiger partial charge on any atom is 0.280 e. The van der Waals surface area contributed by atoms with E-state index in [9.17, 15) is 8.42 Å². The number of hydrogen-bond acceptors (Lipinski definition) is 4. The predicted octanol–water partition coefficient (Wildman–Crippen LogP) is 0.869. The van der Waals surface area contributed by atoms with Gasteiger partial charge in [-0.3, -0.25) is 4.72 Å². The van der Waals surface area contributed by atoms with Crippen molar-refractivity contribution in [3.8, 4) is 0 Å². The highest BCUT2D eigenvalue weighted by Gasteiger charge is 2.17. The summed E-state index contributed by atoms with van der Waals surface area (Å²) in [6.07, 6.45) is 6.21. The number of nitrogens with zero attached hydrogens (tertiary/aromatic N) is 4. The number of imidazole rings is 1. The summed E-state index contributed by atoms with van der Waals surface area (Å²) in [5.74, 6) is 0. The smallest absolute Gasteiger partial charge is 0.280 e. The van der Waals surface area contributed by atoms with E-state index in [2.05, 4.69) is 14.8 Å². The van der Waals surface area contributed by atoms with E-state index in [4.69, 9.17) is 0 Å². The molecule has 0 aliphatic carbocycles. The molecule has 19 heavy (non-hydrogen) atoms. The molecule has 8 heteroatoms. The number of anilines is 1. The van der Waals surface area contributed by atoms with Gasteiger partial charge in [-0.1, -0.05) is 0 Å². The molecule has 0 radical (unpaired) electrons. The van der Waals surface area contributed by atoms with Crippen LogP contribution in [0.3, 0.4) is 0 Å². The lowest BCUT2D eigenvalue weighted by Gasteiger charge is -2.05. The van der Waals surface area contributed by atoms with Gasteiger partial charge in [0.25, 0.3) is 10.0 Å². The van der Waals surface area contributed by atoms with Crippen molar-refractivity contribution >= 4 is 21.2 Å². The summed E-state index contributed by atoms with van der Waals surface area (Å²) < 4.78 is 29.9. The molecule has 3 aromatic heterocycles. The summed E-state index contributed by atoms with van der Waals surface area (Å²) in [7, 11) is -1.94. The van der Waals surface area contributed by atoms with Crippen molar-refractivity contribution in [2.75, 3.05) is 4.72 Å². The number of pyridine rings is 1. The molecular formula is C11H11N5O2S. The Bertz CT molecular complexity index is 834. The van der Waals surface area contributed by atoms with Gasteiger partial charge >= 0.3 is 0 Å². The maximum atomic E-state index is 12.1. The summed E-state index contributed by atoms with van der Waals surface area (Å²) in [5.41, 5.74) is 1.28. The van der Waals surface area contributed by atoms with Gasteiger partial charge in [0.1, 0.15) is 0 Å². The van der Waals surface area contributed by atoms with Gasteiger partial charge in [0.2, 0.25) is 0 Å². The number of rotatable bonds is 3. The van der Waals surface area contributed by atoms with E-state index in [1.54, 1.807) is 46.7 Å². The van der Waals surface area contributed by atoms with E-state index in [0.29, 0.717) is 5.69 Å². The molecule has 0 bridgehead atoms. The Morgan fingerprint density at radius 3 is 2.89 bits per heavy atom. The van der Waals surface area contributed by atoms with Crippen molar-refractivity contribution < 1.29 is 8.42 Å². The molecule has 1 N–H and O–H groups in total. The second-order valence-electron chi connectivity index (χ2n) is 4.10. The molecule has 0 aliphatic rings. The van der Waals surface area contributed by atoms with Gasteiger partial charge < -0.3 is 4.57 Å². The Kier molecular flexibility index (Phi) is 2.53. The van der Waals surface area contributed by atoms with E-state index >= 15 is 0 Å². The average Bonchev–Trinajstić information content (AvgIpc) is 2.96. The summed E-state index contributed by atoms with van der Waals surface area (Å²) in [4.78, 5) is 3.83. The van der Waals surface area contributed by atoms with Crippen LogP contribution in [0.1, 0.15) is 0 Å². The first-order valence-electron chi connectivity index (χ1n) is 5.49. The molecule has 0 saturated heterocycles. The molecule has 0 aromatic carbocycles. The van der Waals surface area contributed by atoms with Crippen molar-refractivity contribution in [2.24, 2.45) is 7.05 Å². The number of sulfonamides is 1.